The van der Waals surface area contributed by atoms with Crippen molar-refractivity contribution in [3.8, 4) is 0 Å². The Morgan fingerprint density at radius 1 is 0.857 bits per heavy atom. The lowest BCUT2D eigenvalue weighted by molar-refractivity contribution is 0.313. The predicted octanol–water partition coefficient (Wildman–Crippen LogP) is 5.30. The fourth-order valence-corrected chi connectivity index (χ4v) is 6.28. The Balaban J connectivity index is 1.87. The van der Waals surface area contributed by atoms with Gasteiger partial charge in [-0.1, -0.05) is 42.0 Å². The molecular weight excluding hydrogens is 456 g/mol. The largest absolute Gasteiger partial charge is 0.365 e. The minimum atomic E-state index is -3.87. The van der Waals surface area contributed by atoms with Gasteiger partial charge in [0.1, 0.15) is 5.82 Å². The van der Waals surface area contributed by atoms with Crippen molar-refractivity contribution in [1.82, 2.24) is 8.87 Å². The average Bonchev–Trinajstić information content (AvgIpc) is 3.10. The van der Waals surface area contributed by atoms with Crippen LogP contribution in [0, 0.1) is 6.92 Å². The highest BCUT2D eigenvalue weighted by Gasteiger charge is 2.32. The van der Waals surface area contributed by atoms with Gasteiger partial charge in [-0.3, -0.25) is 0 Å². The standard InChI is InChI=1S/C28H34N4O2S/c1-20-10-12-23(13-11-20)35(33,34)32-25-19-22-9-7-6-8-21(22)18-24(25)26(27(32)29-28(2,3)4)31-16-14-30(5)15-17-31/h6-13,18-19,29H,14-17H2,1-5H3. The van der Waals surface area contributed by atoms with Crippen LogP contribution >= 0.6 is 0 Å². The van der Waals surface area contributed by atoms with Gasteiger partial charge in [0.05, 0.1) is 16.1 Å². The van der Waals surface area contributed by atoms with Crippen LogP contribution in [0.25, 0.3) is 21.7 Å². The Morgan fingerprint density at radius 2 is 1.46 bits per heavy atom. The number of fused-ring (bicyclic) bond motifs is 2. The second-order valence-corrected chi connectivity index (χ2v) is 12.4. The molecule has 0 spiro atoms. The number of anilines is 2. The van der Waals surface area contributed by atoms with E-state index in [4.69, 9.17) is 0 Å². The first-order chi connectivity index (χ1) is 16.5. The number of nitrogens with one attached hydrogen (secondary N) is 1. The zero-order valence-electron chi connectivity index (χ0n) is 21.2. The number of aromatic nitrogens is 1. The van der Waals surface area contributed by atoms with Gasteiger partial charge in [0, 0.05) is 37.1 Å². The molecule has 0 radical (unpaired) electrons. The minimum absolute atomic E-state index is 0.287. The normalized spacial score (nSPS) is 15.7. The third-order valence-corrected chi connectivity index (χ3v) is 8.37. The molecule has 2 heterocycles. The van der Waals surface area contributed by atoms with E-state index in [-0.39, 0.29) is 10.4 Å². The van der Waals surface area contributed by atoms with Crippen molar-refractivity contribution >= 4 is 43.2 Å². The van der Waals surface area contributed by atoms with Gasteiger partial charge in [-0.05, 0) is 69.8 Å². The third-order valence-electron chi connectivity index (χ3n) is 6.64. The lowest BCUT2D eigenvalue weighted by Crippen LogP contribution is -2.45. The molecule has 35 heavy (non-hydrogen) atoms. The van der Waals surface area contributed by atoms with Gasteiger partial charge in [0.2, 0.25) is 0 Å². The van der Waals surface area contributed by atoms with Gasteiger partial charge in [-0.15, -0.1) is 0 Å². The van der Waals surface area contributed by atoms with E-state index in [0.29, 0.717) is 11.3 Å². The van der Waals surface area contributed by atoms with Crippen LogP contribution in [0.1, 0.15) is 26.3 Å². The Hall–Kier alpha value is -3.03. The van der Waals surface area contributed by atoms with E-state index in [1.165, 1.54) is 0 Å². The highest BCUT2D eigenvalue weighted by molar-refractivity contribution is 7.90. The summed E-state index contributed by atoms with van der Waals surface area (Å²) in [6.45, 7) is 11.7. The lowest BCUT2D eigenvalue weighted by atomic mass is 10.1. The topological polar surface area (TPSA) is 57.6 Å². The quantitative estimate of drug-likeness (QED) is 0.421. The zero-order chi connectivity index (χ0) is 25.0. The summed E-state index contributed by atoms with van der Waals surface area (Å²) in [5, 5.41) is 6.66. The maximum absolute atomic E-state index is 14.2. The number of aryl methyl sites for hydroxylation is 1. The summed E-state index contributed by atoms with van der Waals surface area (Å²) in [7, 11) is -1.74. The zero-order valence-corrected chi connectivity index (χ0v) is 22.0. The van der Waals surface area contributed by atoms with Crippen LogP contribution in [0.15, 0.2) is 65.6 Å². The molecule has 1 aliphatic heterocycles. The van der Waals surface area contributed by atoms with E-state index >= 15 is 0 Å². The molecule has 0 atom stereocenters. The first-order valence-electron chi connectivity index (χ1n) is 12.2. The fourth-order valence-electron chi connectivity index (χ4n) is 4.81. The Morgan fingerprint density at radius 3 is 2.06 bits per heavy atom. The van der Waals surface area contributed by atoms with Crippen molar-refractivity contribution in [2.45, 2.75) is 38.1 Å². The molecule has 1 aliphatic rings. The number of likely N-dealkylation sites (N-methyl/N-ethyl adjacent to an activating group) is 1. The van der Waals surface area contributed by atoms with E-state index < -0.39 is 10.0 Å². The molecule has 1 saturated heterocycles. The highest BCUT2D eigenvalue weighted by Crippen LogP contribution is 2.43. The molecule has 0 unspecified atom stereocenters. The summed E-state index contributed by atoms with van der Waals surface area (Å²) in [4.78, 5) is 4.94. The summed E-state index contributed by atoms with van der Waals surface area (Å²) in [6.07, 6.45) is 0. The Labute approximate surface area is 208 Å². The summed E-state index contributed by atoms with van der Waals surface area (Å²) >= 11 is 0. The second kappa shape index (κ2) is 8.57. The lowest BCUT2D eigenvalue weighted by Gasteiger charge is -2.35. The molecule has 1 aromatic heterocycles. The molecule has 6 nitrogen and oxygen atoms in total. The first-order valence-corrected chi connectivity index (χ1v) is 13.6. The Bertz CT molecular complexity index is 1490. The van der Waals surface area contributed by atoms with E-state index in [0.717, 1.165) is 53.6 Å². The summed E-state index contributed by atoms with van der Waals surface area (Å²) < 4.78 is 30.0. The van der Waals surface area contributed by atoms with E-state index in [9.17, 15) is 8.42 Å². The van der Waals surface area contributed by atoms with Crippen LogP contribution in [0.4, 0.5) is 11.5 Å². The van der Waals surface area contributed by atoms with Crippen LogP contribution in [-0.2, 0) is 10.0 Å². The van der Waals surface area contributed by atoms with E-state index in [1.807, 2.05) is 43.3 Å². The van der Waals surface area contributed by atoms with Crippen molar-refractivity contribution in [2.75, 3.05) is 43.4 Å². The number of rotatable bonds is 4. The Kier molecular flexibility index (Phi) is 5.80. The van der Waals surface area contributed by atoms with Gasteiger partial charge < -0.3 is 15.1 Å². The molecule has 0 saturated carbocycles. The molecule has 3 aromatic carbocycles. The maximum atomic E-state index is 14.2. The fraction of sp³-hybridized carbons (Fsp3) is 0.357. The van der Waals surface area contributed by atoms with Crippen molar-refractivity contribution in [2.24, 2.45) is 0 Å². The summed E-state index contributed by atoms with van der Waals surface area (Å²) in [5.74, 6) is 0.632. The van der Waals surface area contributed by atoms with Crippen molar-refractivity contribution in [3.05, 3.63) is 66.2 Å². The minimum Gasteiger partial charge on any atom is -0.365 e. The first kappa shape index (κ1) is 23.7. The van der Waals surface area contributed by atoms with Gasteiger partial charge in [-0.25, -0.2) is 12.4 Å². The number of hydrogen-bond donors (Lipinski definition) is 1. The SMILES string of the molecule is Cc1ccc(S(=O)(=O)n2c(NC(C)(C)C)c(N3CCN(C)CC3)c3cc4ccccc4cc32)cc1. The van der Waals surface area contributed by atoms with E-state index in [1.54, 1.807) is 16.1 Å². The van der Waals surface area contributed by atoms with Crippen LogP contribution in [-0.4, -0.2) is 56.1 Å². The molecule has 0 aliphatic carbocycles. The number of nitrogens with zero attached hydrogens (tertiary/aromatic N) is 3. The smallest absolute Gasteiger partial charge is 0.269 e. The third kappa shape index (κ3) is 4.39. The van der Waals surface area contributed by atoms with E-state index in [2.05, 4.69) is 55.1 Å². The predicted molar refractivity (Wildman–Crippen MR) is 146 cm³/mol. The molecular formula is C28H34N4O2S. The number of hydrogen-bond acceptors (Lipinski definition) is 5. The van der Waals surface area contributed by atoms with Crippen LogP contribution in [0.2, 0.25) is 0 Å². The van der Waals surface area contributed by atoms with Crippen molar-refractivity contribution < 1.29 is 8.42 Å². The van der Waals surface area contributed by atoms with Crippen molar-refractivity contribution in [3.63, 3.8) is 0 Å². The van der Waals surface area contributed by atoms with Gasteiger partial charge in [0.25, 0.3) is 10.0 Å². The molecule has 1 N–H and O–H groups in total. The monoisotopic (exact) mass is 490 g/mol. The van der Waals surface area contributed by atoms with Gasteiger partial charge >= 0.3 is 0 Å². The van der Waals surface area contributed by atoms with Crippen LogP contribution in [0.3, 0.4) is 0 Å². The highest BCUT2D eigenvalue weighted by atomic mass is 32.2. The van der Waals surface area contributed by atoms with Gasteiger partial charge in [0.15, 0.2) is 0 Å². The van der Waals surface area contributed by atoms with Crippen LogP contribution < -0.4 is 10.2 Å². The molecule has 4 aromatic rings. The number of benzene rings is 3. The molecule has 1 fully saturated rings. The maximum Gasteiger partial charge on any atom is 0.269 e. The van der Waals surface area contributed by atoms with Crippen molar-refractivity contribution in [1.29, 1.82) is 0 Å². The molecule has 184 valence electrons. The number of piperazine rings is 1. The molecule has 0 amide bonds. The average molecular weight is 491 g/mol. The van der Waals surface area contributed by atoms with Crippen LogP contribution in [0.5, 0.6) is 0 Å². The molecule has 7 heteroatoms. The summed E-state index contributed by atoms with van der Waals surface area (Å²) in [6, 6.07) is 19.4. The van der Waals surface area contributed by atoms with Gasteiger partial charge in [-0.2, -0.15) is 0 Å². The molecule has 0 bridgehead atoms. The summed E-state index contributed by atoms with van der Waals surface area (Å²) in [5.41, 5.74) is 2.35. The second-order valence-electron chi connectivity index (χ2n) is 10.7. The molecule has 5 rings (SSSR count).